The fraction of sp³-hybridized carbons (Fsp3) is 0.133. The van der Waals surface area contributed by atoms with Crippen molar-refractivity contribution < 1.29 is 19.4 Å². The quantitative estimate of drug-likeness (QED) is 0.570. The zero-order valence-electron chi connectivity index (χ0n) is 11.8. The van der Waals surface area contributed by atoms with Gasteiger partial charge in [-0.05, 0) is 24.3 Å². The van der Waals surface area contributed by atoms with E-state index >= 15 is 0 Å². The molecule has 0 amide bonds. The Bertz CT molecular complexity index is 817. The number of benzene rings is 2. The molecule has 1 N–H and O–H groups in total. The molecule has 0 radical (unpaired) electrons. The fourth-order valence-corrected chi connectivity index (χ4v) is 2.09. The van der Waals surface area contributed by atoms with Crippen LogP contribution in [0.3, 0.4) is 0 Å². The van der Waals surface area contributed by atoms with E-state index in [2.05, 4.69) is 14.9 Å². The lowest BCUT2D eigenvalue weighted by atomic mass is 10.3. The van der Waals surface area contributed by atoms with Gasteiger partial charge in [0.25, 0.3) is 0 Å². The van der Waals surface area contributed by atoms with Gasteiger partial charge in [0.1, 0.15) is 41.4 Å². The average molecular weight is 334 g/mol. The molecule has 3 aromatic rings. The molecule has 7 nitrogen and oxygen atoms in total. The van der Waals surface area contributed by atoms with E-state index in [9.17, 15) is 9.90 Å². The number of hydrogen-bond acceptors (Lipinski definition) is 6. The first kappa shape index (κ1) is 15.1. The summed E-state index contributed by atoms with van der Waals surface area (Å²) in [5, 5.41) is 18.7. The van der Waals surface area contributed by atoms with Crippen molar-refractivity contribution in [2.45, 2.75) is 0 Å². The molecular weight excluding hydrogens is 322 g/mol. The molecular formula is C15H12ClN3O4. The van der Waals surface area contributed by atoms with Crippen molar-refractivity contribution >= 4 is 28.1 Å². The van der Waals surface area contributed by atoms with E-state index in [4.69, 9.17) is 16.3 Å². The second kappa shape index (κ2) is 6.53. The normalized spacial score (nSPS) is 10.7. The lowest BCUT2D eigenvalue weighted by molar-refractivity contribution is 0.147. The predicted molar refractivity (Wildman–Crippen MR) is 83.2 cm³/mol. The number of phenolic OH excluding ortho intramolecular Hbond substituents is 1. The standard InChI is InChI=1S/C15H12ClN3O4/c16-15(21)23-8-7-22-10-5-6-13(14(20)9-10)19-17-11-3-1-2-4-12(11)18-19/h1-6,9,20H,7-8H2. The van der Waals surface area contributed by atoms with E-state index in [0.717, 1.165) is 11.0 Å². The van der Waals surface area contributed by atoms with Crippen molar-refractivity contribution in [3.05, 3.63) is 42.5 Å². The van der Waals surface area contributed by atoms with Crippen LogP contribution >= 0.6 is 11.6 Å². The molecule has 0 bridgehead atoms. The van der Waals surface area contributed by atoms with E-state index in [1.165, 1.54) is 10.9 Å². The molecule has 0 aliphatic heterocycles. The van der Waals surface area contributed by atoms with E-state index in [-0.39, 0.29) is 19.0 Å². The summed E-state index contributed by atoms with van der Waals surface area (Å²) in [5.41, 5.74) is 1.01. The van der Waals surface area contributed by atoms with E-state index < -0.39 is 5.43 Å². The molecule has 1 heterocycles. The Balaban J connectivity index is 1.75. The first-order valence-corrected chi connectivity index (χ1v) is 7.12. The molecule has 0 fully saturated rings. The van der Waals surface area contributed by atoms with Gasteiger partial charge in [-0.1, -0.05) is 12.1 Å². The number of rotatable bonds is 5. The lowest BCUT2D eigenvalue weighted by Gasteiger charge is -2.08. The minimum absolute atomic E-state index is 0.0247. The maximum atomic E-state index is 10.4. The van der Waals surface area contributed by atoms with Gasteiger partial charge in [-0.15, -0.1) is 15.0 Å². The molecule has 23 heavy (non-hydrogen) atoms. The molecule has 8 heteroatoms. The Morgan fingerprint density at radius 1 is 1.13 bits per heavy atom. The molecule has 3 rings (SSSR count). The van der Waals surface area contributed by atoms with Gasteiger partial charge in [-0.2, -0.15) is 0 Å². The summed E-state index contributed by atoms with van der Waals surface area (Å²) in [5.74, 6) is 0.394. The SMILES string of the molecule is O=C(Cl)OCCOc1ccc(-n2nc3ccccc3n2)c(O)c1. The van der Waals surface area contributed by atoms with Crippen molar-refractivity contribution in [3.8, 4) is 17.2 Å². The molecule has 0 spiro atoms. The van der Waals surface area contributed by atoms with Crippen LogP contribution in [-0.2, 0) is 4.74 Å². The van der Waals surface area contributed by atoms with Crippen LogP contribution in [0, 0.1) is 0 Å². The van der Waals surface area contributed by atoms with Crippen molar-refractivity contribution in [3.63, 3.8) is 0 Å². The molecule has 0 aliphatic carbocycles. The molecule has 2 aromatic carbocycles. The van der Waals surface area contributed by atoms with E-state index in [1.807, 2.05) is 24.3 Å². The number of hydrogen-bond donors (Lipinski definition) is 1. The Kier molecular flexibility index (Phi) is 4.29. The number of carbonyl (C=O) groups excluding carboxylic acids is 1. The number of nitrogens with zero attached hydrogens (tertiary/aromatic N) is 3. The van der Waals surface area contributed by atoms with Crippen LogP contribution in [0.1, 0.15) is 0 Å². The predicted octanol–water partition coefficient (Wildman–Crippen LogP) is 2.88. The Morgan fingerprint density at radius 3 is 2.43 bits per heavy atom. The molecule has 118 valence electrons. The molecule has 0 unspecified atom stereocenters. The number of phenols is 1. The summed E-state index contributed by atoms with van der Waals surface area (Å²) >= 11 is 5.03. The Labute approximate surface area is 136 Å². The first-order chi connectivity index (χ1) is 11.1. The third-order valence-corrected chi connectivity index (χ3v) is 3.13. The molecule has 0 aliphatic rings. The molecule has 0 saturated carbocycles. The van der Waals surface area contributed by atoms with Gasteiger partial charge in [-0.25, -0.2) is 4.79 Å². The summed E-state index contributed by atoms with van der Waals surface area (Å²) in [4.78, 5) is 11.8. The summed E-state index contributed by atoms with van der Waals surface area (Å²) < 4.78 is 9.88. The average Bonchev–Trinajstić information content (AvgIpc) is 2.95. The van der Waals surface area contributed by atoms with Gasteiger partial charge >= 0.3 is 5.43 Å². The van der Waals surface area contributed by atoms with Gasteiger partial charge in [0.15, 0.2) is 0 Å². The topological polar surface area (TPSA) is 86.5 Å². The third-order valence-electron chi connectivity index (χ3n) is 3.02. The highest BCUT2D eigenvalue weighted by Gasteiger charge is 2.10. The zero-order chi connectivity index (χ0) is 16.2. The highest BCUT2D eigenvalue weighted by atomic mass is 35.5. The van der Waals surface area contributed by atoms with Crippen molar-refractivity contribution in [2.75, 3.05) is 13.2 Å². The van der Waals surface area contributed by atoms with Crippen LogP contribution < -0.4 is 4.74 Å². The summed E-state index contributed by atoms with van der Waals surface area (Å²) in [6.45, 7) is 0.151. The van der Waals surface area contributed by atoms with Gasteiger partial charge in [-0.3, -0.25) is 0 Å². The number of aromatic hydroxyl groups is 1. The molecule has 0 atom stereocenters. The van der Waals surface area contributed by atoms with Gasteiger partial charge < -0.3 is 14.6 Å². The van der Waals surface area contributed by atoms with Crippen molar-refractivity contribution in [1.29, 1.82) is 0 Å². The van der Waals surface area contributed by atoms with Crippen LogP contribution in [0.25, 0.3) is 16.7 Å². The highest BCUT2D eigenvalue weighted by Crippen LogP contribution is 2.26. The van der Waals surface area contributed by atoms with Crippen molar-refractivity contribution in [2.24, 2.45) is 0 Å². The molecule has 0 saturated heterocycles. The maximum Gasteiger partial charge on any atom is 0.403 e. The fourth-order valence-electron chi connectivity index (χ4n) is 2.01. The highest BCUT2D eigenvalue weighted by molar-refractivity contribution is 6.61. The smallest absolute Gasteiger partial charge is 0.403 e. The van der Waals surface area contributed by atoms with Gasteiger partial charge in [0.2, 0.25) is 0 Å². The van der Waals surface area contributed by atoms with Crippen LogP contribution in [-0.4, -0.2) is 38.7 Å². The number of ether oxygens (including phenoxy) is 2. The third kappa shape index (κ3) is 3.51. The summed E-state index contributed by atoms with van der Waals surface area (Å²) in [6, 6.07) is 12.1. The summed E-state index contributed by atoms with van der Waals surface area (Å²) in [7, 11) is 0. The largest absolute Gasteiger partial charge is 0.505 e. The summed E-state index contributed by atoms with van der Waals surface area (Å²) in [6.07, 6.45) is 0. The minimum atomic E-state index is -0.886. The lowest BCUT2D eigenvalue weighted by Crippen LogP contribution is -2.08. The first-order valence-electron chi connectivity index (χ1n) is 6.74. The van der Waals surface area contributed by atoms with Crippen molar-refractivity contribution in [1.82, 2.24) is 15.0 Å². The van der Waals surface area contributed by atoms with Crippen LogP contribution in [0.4, 0.5) is 4.79 Å². The Hall–Kier alpha value is -2.80. The maximum absolute atomic E-state index is 10.4. The number of halogens is 1. The number of carbonyl (C=O) groups is 1. The molecule has 1 aromatic heterocycles. The second-order valence-electron chi connectivity index (χ2n) is 4.56. The van der Waals surface area contributed by atoms with Gasteiger partial charge in [0.05, 0.1) is 0 Å². The minimum Gasteiger partial charge on any atom is -0.505 e. The van der Waals surface area contributed by atoms with Gasteiger partial charge in [0, 0.05) is 17.7 Å². The monoisotopic (exact) mass is 333 g/mol. The Morgan fingerprint density at radius 2 is 1.83 bits per heavy atom. The number of fused-ring (bicyclic) bond motifs is 1. The van der Waals surface area contributed by atoms with E-state index in [0.29, 0.717) is 11.4 Å². The number of aromatic nitrogens is 3. The van der Waals surface area contributed by atoms with E-state index in [1.54, 1.807) is 12.1 Å². The zero-order valence-corrected chi connectivity index (χ0v) is 12.6. The van der Waals surface area contributed by atoms with Crippen LogP contribution in [0.15, 0.2) is 42.5 Å². The second-order valence-corrected chi connectivity index (χ2v) is 4.87. The van der Waals surface area contributed by atoms with Crippen LogP contribution in [0.2, 0.25) is 0 Å². The van der Waals surface area contributed by atoms with Crippen LogP contribution in [0.5, 0.6) is 11.5 Å².